The smallest absolute Gasteiger partial charge is 0.407 e. The molecule has 49 heavy (non-hydrogen) atoms. The van der Waals surface area contributed by atoms with Crippen LogP contribution in [0, 0.1) is 0 Å². The molecule has 2 aromatic rings. The molecule has 12 heteroatoms. The highest BCUT2D eigenvalue weighted by Crippen LogP contribution is 2.44. The van der Waals surface area contributed by atoms with Crippen LogP contribution in [0.1, 0.15) is 37.3 Å². The molecule has 1 amide bonds. The normalized spacial score (nSPS) is 12.4. The average molecular weight is 692 g/mol. The summed E-state index contributed by atoms with van der Waals surface area (Å²) in [5.74, 6) is 0.0531. The number of nitrogens with one attached hydrogen (secondary N) is 1. The first-order chi connectivity index (χ1) is 24.2. The molecule has 0 aromatic heterocycles. The molecule has 3 rings (SSSR count). The number of rotatable bonds is 31. The van der Waals surface area contributed by atoms with Crippen LogP contribution in [0.2, 0.25) is 0 Å². The second kappa shape index (κ2) is 27.1. The van der Waals surface area contributed by atoms with Crippen LogP contribution in [0.25, 0.3) is 11.1 Å². The lowest BCUT2D eigenvalue weighted by atomic mass is 9.98. The Morgan fingerprint density at radius 2 is 0.918 bits per heavy atom. The zero-order chi connectivity index (χ0) is 34.6. The number of carbonyl (C=O) groups is 1. The van der Waals surface area contributed by atoms with Gasteiger partial charge in [-0.3, -0.25) is 0 Å². The lowest BCUT2D eigenvalue weighted by Crippen LogP contribution is -2.27. The molecular formula is C37H57NO11. The van der Waals surface area contributed by atoms with E-state index in [9.17, 15) is 4.79 Å². The summed E-state index contributed by atoms with van der Waals surface area (Å²) in [4.78, 5) is 12.2. The molecule has 1 aliphatic carbocycles. The number of ether oxygens (including phenoxy) is 10. The molecule has 1 aliphatic rings. The van der Waals surface area contributed by atoms with Crippen molar-refractivity contribution in [2.24, 2.45) is 0 Å². The second-order valence-electron chi connectivity index (χ2n) is 11.4. The van der Waals surface area contributed by atoms with Crippen LogP contribution in [0.5, 0.6) is 0 Å². The van der Waals surface area contributed by atoms with Gasteiger partial charge in [-0.1, -0.05) is 48.5 Å². The van der Waals surface area contributed by atoms with Crippen molar-refractivity contribution < 1.29 is 52.2 Å². The van der Waals surface area contributed by atoms with Gasteiger partial charge in [0.05, 0.1) is 112 Å². The van der Waals surface area contributed by atoms with Gasteiger partial charge in [-0.15, -0.1) is 0 Å². The molecule has 0 fully saturated rings. The summed E-state index contributed by atoms with van der Waals surface area (Å²) < 4.78 is 54.9. The van der Waals surface area contributed by atoms with E-state index >= 15 is 0 Å². The van der Waals surface area contributed by atoms with Gasteiger partial charge in [0.1, 0.15) is 6.61 Å². The number of hydrogen-bond acceptors (Lipinski definition) is 11. The number of alkyl carbamates (subject to hydrolysis) is 1. The first kappa shape index (κ1) is 40.8. The number of hydrogen-bond donors (Lipinski definition) is 1. The van der Waals surface area contributed by atoms with Gasteiger partial charge in [0, 0.05) is 19.1 Å². The zero-order valence-corrected chi connectivity index (χ0v) is 29.4. The topological polar surface area (TPSA) is 121 Å². The third-order valence-electron chi connectivity index (χ3n) is 7.36. The fourth-order valence-electron chi connectivity index (χ4n) is 5.00. The molecule has 0 saturated heterocycles. The Balaban J connectivity index is 0.981. The van der Waals surface area contributed by atoms with Crippen molar-refractivity contribution in [2.75, 3.05) is 125 Å². The Labute approximate surface area is 291 Å². The monoisotopic (exact) mass is 691 g/mol. The van der Waals surface area contributed by atoms with E-state index in [1.807, 2.05) is 38.1 Å². The molecule has 2 aromatic carbocycles. The van der Waals surface area contributed by atoms with Gasteiger partial charge < -0.3 is 52.7 Å². The Morgan fingerprint density at radius 1 is 0.551 bits per heavy atom. The minimum Gasteiger partial charge on any atom is -0.449 e. The van der Waals surface area contributed by atoms with Crippen LogP contribution >= 0.6 is 0 Å². The van der Waals surface area contributed by atoms with E-state index in [-0.39, 0.29) is 12.0 Å². The summed E-state index contributed by atoms with van der Waals surface area (Å²) in [5, 5.41) is 2.81. The van der Waals surface area contributed by atoms with Crippen LogP contribution in [0.15, 0.2) is 48.5 Å². The predicted molar refractivity (Wildman–Crippen MR) is 185 cm³/mol. The molecule has 1 N–H and O–H groups in total. The highest BCUT2D eigenvalue weighted by Gasteiger charge is 2.28. The van der Waals surface area contributed by atoms with Crippen molar-refractivity contribution in [2.45, 2.75) is 32.3 Å². The first-order valence-corrected chi connectivity index (χ1v) is 17.5. The minimum absolute atomic E-state index is 0.0531. The third-order valence-corrected chi connectivity index (χ3v) is 7.36. The number of benzene rings is 2. The third kappa shape index (κ3) is 18.2. The van der Waals surface area contributed by atoms with Gasteiger partial charge in [-0.05, 0) is 42.5 Å². The molecule has 276 valence electrons. The van der Waals surface area contributed by atoms with Crippen molar-refractivity contribution >= 4 is 6.09 Å². The van der Waals surface area contributed by atoms with E-state index in [1.165, 1.54) is 22.3 Å². The van der Waals surface area contributed by atoms with E-state index in [0.29, 0.717) is 132 Å². The summed E-state index contributed by atoms with van der Waals surface area (Å²) in [6.45, 7) is 13.6. The molecule has 0 aliphatic heterocycles. The van der Waals surface area contributed by atoms with Gasteiger partial charge in [-0.2, -0.15) is 0 Å². The van der Waals surface area contributed by atoms with Gasteiger partial charge in [-0.25, -0.2) is 4.79 Å². The van der Waals surface area contributed by atoms with E-state index in [4.69, 9.17) is 47.4 Å². The van der Waals surface area contributed by atoms with E-state index in [0.717, 1.165) is 0 Å². The van der Waals surface area contributed by atoms with E-state index in [1.54, 1.807) is 0 Å². The molecular weight excluding hydrogens is 634 g/mol. The molecule has 0 bridgehead atoms. The van der Waals surface area contributed by atoms with Crippen LogP contribution in [-0.4, -0.2) is 138 Å². The van der Waals surface area contributed by atoms with Crippen molar-refractivity contribution in [3.05, 3.63) is 59.7 Å². The molecule has 0 atom stereocenters. The van der Waals surface area contributed by atoms with E-state index in [2.05, 4.69) is 29.6 Å². The van der Waals surface area contributed by atoms with Gasteiger partial charge in [0.2, 0.25) is 0 Å². The summed E-state index contributed by atoms with van der Waals surface area (Å²) in [6, 6.07) is 16.6. The maximum absolute atomic E-state index is 12.2. The van der Waals surface area contributed by atoms with Gasteiger partial charge >= 0.3 is 6.09 Å². The first-order valence-electron chi connectivity index (χ1n) is 17.5. The summed E-state index contributed by atoms with van der Waals surface area (Å²) >= 11 is 0. The maximum Gasteiger partial charge on any atom is 0.407 e. The molecule has 0 radical (unpaired) electrons. The van der Waals surface area contributed by atoms with Crippen LogP contribution in [0.4, 0.5) is 4.79 Å². The Kier molecular flexibility index (Phi) is 22.6. The fraction of sp³-hybridized carbons (Fsp3) is 0.649. The Hall–Kier alpha value is -2.65. The van der Waals surface area contributed by atoms with Crippen molar-refractivity contribution in [1.82, 2.24) is 5.32 Å². The maximum atomic E-state index is 12.2. The largest absolute Gasteiger partial charge is 0.449 e. The van der Waals surface area contributed by atoms with Gasteiger partial charge in [0.25, 0.3) is 0 Å². The SMILES string of the molecule is CC(C)OCCOCCOCCOCCOCCOCCOCCOCCOCCCNC(=O)OCC1c2ccccc2-c2ccccc21. The minimum atomic E-state index is -0.412. The van der Waals surface area contributed by atoms with Crippen molar-refractivity contribution in [1.29, 1.82) is 0 Å². The highest BCUT2D eigenvalue weighted by atomic mass is 16.6. The van der Waals surface area contributed by atoms with Gasteiger partial charge in [0.15, 0.2) is 0 Å². The highest BCUT2D eigenvalue weighted by molar-refractivity contribution is 5.79. The lowest BCUT2D eigenvalue weighted by molar-refractivity contribution is -0.0268. The van der Waals surface area contributed by atoms with E-state index < -0.39 is 6.09 Å². The number of amides is 1. The lowest BCUT2D eigenvalue weighted by Gasteiger charge is -2.14. The quantitative estimate of drug-likeness (QED) is 0.113. The molecule has 0 heterocycles. The Morgan fingerprint density at radius 3 is 1.33 bits per heavy atom. The number of fused-ring (bicyclic) bond motifs is 3. The second-order valence-corrected chi connectivity index (χ2v) is 11.4. The van der Waals surface area contributed by atoms with Crippen LogP contribution in [-0.2, 0) is 47.4 Å². The van der Waals surface area contributed by atoms with Crippen LogP contribution < -0.4 is 5.32 Å². The standard InChI is InChI=1S/C37H57NO11/c1-31(2)48-29-28-47-27-26-46-25-24-45-23-22-44-21-20-43-19-18-42-17-16-41-15-14-40-13-7-12-38-37(39)49-30-36-34-10-5-3-8-32(34)33-9-4-6-11-35(33)36/h3-6,8-11,31,36H,7,12-30H2,1-2H3,(H,38,39). The molecule has 12 nitrogen and oxygen atoms in total. The average Bonchev–Trinajstić information content (AvgIpc) is 3.43. The predicted octanol–water partition coefficient (Wildman–Crippen LogP) is 4.47. The molecule has 0 saturated carbocycles. The Bertz CT molecular complexity index is 1070. The number of carbonyl (C=O) groups excluding carboxylic acids is 1. The van der Waals surface area contributed by atoms with Crippen LogP contribution in [0.3, 0.4) is 0 Å². The molecule has 0 spiro atoms. The fourth-order valence-corrected chi connectivity index (χ4v) is 5.00. The summed E-state index contributed by atoms with van der Waals surface area (Å²) in [7, 11) is 0. The summed E-state index contributed by atoms with van der Waals surface area (Å²) in [6.07, 6.45) is 0.504. The zero-order valence-electron chi connectivity index (χ0n) is 29.4. The molecule has 0 unspecified atom stereocenters. The van der Waals surface area contributed by atoms with Crippen molar-refractivity contribution in [3.63, 3.8) is 0 Å². The summed E-state index contributed by atoms with van der Waals surface area (Å²) in [5.41, 5.74) is 4.82. The van der Waals surface area contributed by atoms with Crippen molar-refractivity contribution in [3.8, 4) is 11.1 Å².